The van der Waals surface area contributed by atoms with Crippen LogP contribution in [0.1, 0.15) is 52.9 Å². The summed E-state index contributed by atoms with van der Waals surface area (Å²) in [5.41, 5.74) is 0. The predicted octanol–water partition coefficient (Wildman–Crippen LogP) is 2.76. The van der Waals surface area contributed by atoms with Gasteiger partial charge in [0.15, 0.2) is 0 Å². The molecule has 0 rings (SSSR count). The smallest absolute Gasteiger partial charge is 0.306 e. The van der Waals surface area contributed by atoms with Crippen LogP contribution in [0.15, 0.2) is 0 Å². The van der Waals surface area contributed by atoms with E-state index in [4.69, 9.17) is 0 Å². The minimum absolute atomic E-state index is 0.0470. The Morgan fingerprint density at radius 2 is 1.95 bits per heavy atom. The van der Waals surface area contributed by atoms with E-state index in [9.17, 15) is 9.59 Å². The van der Waals surface area contributed by atoms with Crippen molar-refractivity contribution in [3.63, 3.8) is 0 Å². The van der Waals surface area contributed by atoms with Crippen LogP contribution in [0.5, 0.6) is 0 Å². The third-order valence-corrected chi connectivity index (χ3v) is 3.99. The summed E-state index contributed by atoms with van der Waals surface area (Å²) in [6.07, 6.45) is 4.94. The van der Waals surface area contributed by atoms with E-state index in [1.807, 2.05) is 13.8 Å². The van der Waals surface area contributed by atoms with E-state index in [-0.39, 0.29) is 23.2 Å². The first-order valence-corrected chi connectivity index (χ1v) is 8.02. The zero-order valence-corrected chi connectivity index (χ0v) is 13.3. The number of amides is 1. The summed E-state index contributed by atoms with van der Waals surface area (Å²) in [7, 11) is 1.38. The Bertz CT molecular complexity index is 271. The number of thioether (sulfide) groups is 1. The number of esters is 1. The van der Waals surface area contributed by atoms with Crippen LogP contribution in [0, 0.1) is 0 Å². The number of hydrogen-bond donors (Lipinski definition) is 1. The van der Waals surface area contributed by atoms with Crippen LogP contribution < -0.4 is 5.32 Å². The van der Waals surface area contributed by atoms with Crippen molar-refractivity contribution in [2.24, 2.45) is 0 Å². The highest BCUT2D eigenvalue weighted by atomic mass is 32.2. The molecule has 19 heavy (non-hydrogen) atoms. The van der Waals surface area contributed by atoms with Crippen molar-refractivity contribution in [2.45, 2.75) is 64.2 Å². The zero-order valence-electron chi connectivity index (χ0n) is 12.5. The number of hydrogen-bond acceptors (Lipinski definition) is 4. The molecule has 0 radical (unpaired) electrons. The second-order valence-corrected chi connectivity index (χ2v) is 6.29. The Labute approximate surface area is 121 Å². The maximum atomic E-state index is 11.7. The number of ether oxygens (including phenoxy) is 1. The van der Waals surface area contributed by atoms with E-state index < -0.39 is 0 Å². The second kappa shape index (κ2) is 11.1. The van der Waals surface area contributed by atoms with Gasteiger partial charge in [-0.3, -0.25) is 9.59 Å². The minimum atomic E-state index is -0.228. The van der Waals surface area contributed by atoms with Crippen molar-refractivity contribution in [2.75, 3.05) is 12.9 Å². The maximum absolute atomic E-state index is 11.7. The molecule has 0 spiro atoms. The molecule has 0 aromatic rings. The number of unbranched alkanes of at least 4 members (excludes halogenated alkanes) is 2. The number of nitrogens with one attached hydrogen (secondary N) is 1. The molecule has 1 N–H and O–H groups in total. The number of methoxy groups -OCH3 is 1. The summed E-state index contributed by atoms with van der Waals surface area (Å²) in [6.45, 7) is 6.14. The first kappa shape index (κ1) is 18.3. The fourth-order valence-electron chi connectivity index (χ4n) is 1.68. The molecule has 2 unspecified atom stereocenters. The summed E-state index contributed by atoms with van der Waals surface area (Å²) < 4.78 is 4.59. The van der Waals surface area contributed by atoms with Crippen molar-refractivity contribution in [1.29, 1.82) is 0 Å². The molecule has 0 aliphatic rings. The molecule has 5 heteroatoms. The molecule has 112 valence electrons. The number of rotatable bonds is 10. The van der Waals surface area contributed by atoms with E-state index >= 15 is 0 Å². The third-order valence-electron chi connectivity index (χ3n) is 2.83. The highest BCUT2D eigenvalue weighted by Gasteiger charge is 2.13. The van der Waals surface area contributed by atoms with Crippen molar-refractivity contribution in [1.82, 2.24) is 5.32 Å². The third kappa shape index (κ3) is 10.9. The van der Waals surface area contributed by atoms with Gasteiger partial charge >= 0.3 is 5.97 Å². The zero-order chi connectivity index (χ0) is 14.7. The highest BCUT2D eigenvalue weighted by molar-refractivity contribution is 8.00. The van der Waals surface area contributed by atoms with Gasteiger partial charge in [0.1, 0.15) is 0 Å². The summed E-state index contributed by atoms with van der Waals surface area (Å²) in [5, 5.41) is 3.09. The van der Waals surface area contributed by atoms with Crippen LogP contribution in [-0.4, -0.2) is 36.0 Å². The van der Waals surface area contributed by atoms with E-state index in [0.717, 1.165) is 12.8 Å². The molecule has 0 bridgehead atoms. The van der Waals surface area contributed by atoms with Crippen LogP contribution in [0.3, 0.4) is 0 Å². The van der Waals surface area contributed by atoms with E-state index in [0.29, 0.717) is 12.2 Å². The highest BCUT2D eigenvalue weighted by Crippen LogP contribution is 2.14. The Balaban J connectivity index is 3.70. The predicted molar refractivity (Wildman–Crippen MR) is 80.3 cm³/mol. The van der Waals surface area contributed by atoms with E-state index in [2.05, 4.69) is 17.0 Å². The lowest BCUT2D eigenvalue weighted by molar-refractivity contribution is -0.140. The van der Waals surface area contributed by atoms with Gasteiger partial charge in [-0.1, -0.05) is 33.1 Å². The van der Waals surface area contributed by atoms with Crippen LogP contribution in [0.4, 0.5) is 0 Å². The van der Waals surface area contributed by atoms with Crippen molar-refractivity contribution in [3.8, 4) is 0 Å². The van der Waals surface area contributed by atoms with Crippen LogP contribution >= 0.6 is 11.8 Å². The summed E-state index contributed by atoms with van der Waals surface area (Å²) in [6, 6.07) is 0.232. The standard InChI is InChI=1S/C14H27NO3S/c1-5-6-7-8-11(2)15-13(16)10-19-12(3)9-14(17)18-4/h11-12H,5-10H2,1-4H3,(H,15,16). The Kier molecular flexibility index (Phi) is 10.7. The maximum Gasteiger partial charge on any atom is 0.306 e. The van der Waals surface area contributed by atoms with Gasteiger partial charge in [-0.15, -0.1) is 11.8 Å². The summed E-state index contributed by atoms with van der Waals surface area (Å²) >= 11 is 1.49. The van der Waals surface area contributed by atoms with Gasteiger partial charge in [-0.25, -0.2) is 0 Å². The molecular weight excluding hydrogens is 262 g/mol. The Hall–Kier alpha value is -0.710. The lowest BCUT2D eigenvalue weighted by atomic mass is 10.1. The average Bonchev–Trinajstić information content (AvgIpc) is 2.36. The molecule has 0 aromatic carbocycles. The quantitative estimate of drug-likeness (QED) is 0.496. The summed E-state index contributed by atoms with van der Waals surface area (Å²) in [5.74, 6) is 0.218. The van der Waals surface area contributed by atoms with E-state index in [1.54, 1.807) is 0 Å². The molecule has 0 aliphatic heterocycles. The molecule has 0 fully saturated rings. The Morgan fingerprint density at radius 3 is 2.53 bits per heavy atom. The van der Waals surface area contributed by atoms with Gasteiger partial charge in [0.25, 0.3) is 0 Å². The lowest BCUT2D eigenvalue weighted by Crippen LogP contribution is -2.34. The average molecular weight is 289 g/mol. The molecule has 0 saturated carbocycles. The molecule has 0 heterocycles. The van der Waals surface area contributed by atoms with Gasteiger partial charge in [0, 0.05) is 11.3 Å². The van der Waals surface area contributed by atoms with Crippen LogP contribution in [-0.2, 0) is 14.3 Å². The fraction of sp³-hybridized carbons (Fsp3) is 0.857. The Morgan fingerprint density at radius 1 is 1.26 bits per heavy atom. The molecule has 0 saturated heterocycles. The molecule has 2 atom stereocenters. The molecule has 4 nitrogen and oxygen atoms in total. The van der Waals surface area contributed by atoms with Gasteiger partial charge in [-0.2, -0.15) is 0 Å². The molecule has 0 aliphatic carbocycles. The van der Waals surface area contributed by atoms with Crippen molar-refractivity contribution < 1.29 is 14.3 Å². The number of carbonyl (C=O) groups excluding carboxylic acids is 2. The largest absolute Gasteiger partial charge is 0.469 e. The monoisotopic (exact) mass is 289 g/mol. The van der Waals surface area contributed by atoms with Crippen molar-refractivity contribution >= 4 is 23.6 Å². The minimum Gasteiger partial charge on any atom is -0.469 e. The van der Waals surface area contributed by atoms with Crippen molar-refractivity contribution in [3.05, 3.63) is 0 Å². The second-order valence-electron chi connectivity index (χ2n) is 4.87. The van der Waals surface area contributed by atoms with Gasteiger partial charge in [0.2, 0.25) is 5.91 Å². The topological polar surface area (TPSA) is 55.4 Å². The first-order chi connectivity index (χ1) is 8.99. The number of carbonyl (C=O) groups is 2. The van der Waals surface area contributed by atoms with Gasteiger partial charge in [0.05, 0.1) is 19.3 Å². The van der Waals surface area contributed by atoms with Gasteiger partial charge < -0.3 is 10.1 Å². The molecular formula is C14H27NO3S. The normalized spacial score (nSPS) is 13.7. The van der Waals surface area contributed by atoms with Crippen LogP contribution in [0.25, 0.3) is 0 Å². The molecule has 1 amide bonds. The van der Waals surface area contributed by atoms with Gasteiger partial charge in [-0.05, 0) is 13.3 Å². The lowest BCUT2D eigenvalue weighted by Gasteiger charge is -2.14. The van der Waals surface area contributed by atoms with E-state index in [1.165, 1.54) is 31.7 Å². The first-order valence-electron chi connectivity index (χ1n) is 6.97. The molecule has 0 aromatic heterocycles. The van der Waals surface area contributed by atoms with Crippen LogP contribution in [0.2, 0.25) is 0 Å². The summed E-state index contributed by atoms with van der Waals surface area (Å²) in [4.78, 5) is 22.8. The fourth-order valence-corrected chi connectivity index (χ4v) is 2.46. The SMILES string of the molecule is CCCCCC(C)NC(=O)CSC(C)CC(=O)OC.